The van der Waals surface area contributed by atoms with Gasteiger partial charge in [0.25, 0.3) is 0 Å². The summed E-state index contributed by atoms with van der Waals surface area (Å²) in [5.41, 5.74) is 6.68. The number of hydrogen-bond donors (Lipinski definition) is 2. The Morgan fingerprint density at radius 3 is 2.66 bits per heavy atom. The standard InChI is InChI=1S/C34H39FN6/c1-8-12-29(27-19-26(20-28(35)21-27)25(9-2)16-18-41(6)7)33-24(5)37-34(38-33)32-23(4)31(39-40-32)15-14-22(3)30-13-10-11-17-36-30/h8,10-15,17,19-21,25,39H,1,4,9,16,18H2,2-3,5-7H3,(H,37,38)/b22-14+,29-12-,31-15+. The maximum Gasteiger partial charge on any atom is 0.159 e. The van der Waals surface area contributed by atoms with E-state index in [0.29, 0.717) is 11.5 Å². The highest BCUT2D eigenvalue weighted by Crippen LogP contribution is 2.31. The Balaban J connectivity index is 1.70. The lowest BCUT2D eigenvalue weighted by Crippen LogP contribution is -2.21. The van der Waals surface area contributed by atoms with E-state index in [1.165, 1.54) is 0 Å². The summed E-state index contributed by atoms with van der Waals surface area (Å²) in [6.07, 6.45) is 11.2. The third-order valence-corrected chi connectivity index (χ3v) is 7.24. The van der Waals surface area contributed by atoms with Gasteiger partial charge in [-0.05, 0) is 100 Å². The molecule has 4 aromatic rings. The monoisotopic (exact) mass is 550 g/mol. The van der Waals surface area contributed by atoms with Crippen molar-refractivity contribution in [2.75, 3.05) is 20.6 Å². The number of nitrogens with one attached hydrogen (secondary N) is 2. The molecular formula is C34H39FN6. The van der Waals surface area contributed by atoms with Crippen molar-refractivity contribution in [2.45, 2.75) is 39.5 Å². The van der Waals surface area contributed by atoms with E-state index in [1.54, 1.807) is 24.4 Å². The highest BCUT2D eigenvalue weighted by atomic mass is 19.1. The van der Waals surface area contributed by atoms with E-state index in [4.69, 9.17) is 4.98 Å². The topological polar surface area (TPSA) is 73.5 Å². The first kappa shape index (κ1) is 29.6. The van der Waals surface area contributed by atoms with Crippen LogP contribution in [0, 0.1) is 12.7 Å². The first-order valence-corrected chi connectivity index (χ1v) is 13.9. The number of H-pyrrole nitrogens is 2. The molecule has 0 aliphatic carbocycles. The van der Waals surface area contributed by atoms with Gasteiger partial charge in [0.05, 0.1) is 16.7 Å². The van der Waals surface area contributed by atoms with Gasteiger partial charge in [-0.1, -0.05) is 50.4 Å². The van der Waals surface area contributed by atoms with Crippen LogP contribution in [0.2, 0.25) is 0 Å². The predicted molar refractivity (Wildman–Crippen MR) is 168 cm³/mol. The van der Waals surface area contributed by atoms with Crippen LogP contribution in [0.3, 0.4) is 0 Å². The summed E-state index contributed by atoms with van der Waals surface area (Å²) >= 11 is 0. The molecule has 0 radical (unpaired) electrons. The second-order valence-corrected chi connectivity index (χ2v) is 10.5. The Bertz CT molecular complexity index is 1670. The average molecular weight is 551 g/mol. The van der Waals surface area contributed by atoms with Crippen LogP contribution in [0.1, 0.15) is 60.8 Å². The van der Waals surface area contributed by atoms with E-state index in [9.17, 15) is 4.39 Å². The fraction of sp³-hybridized carbons (Fsp3) is 0.265. The number of rotatable bonds is 11. The van der Waals surface area contributed by atoms with Gasteiger partial charge in [0.1, 0.15) is 11.5 Å². The summed E-state index contributed by atoms with van der Waals surface area (Å²) in [5, 5.41) is 9.09. The van der Waals surface area contributed by atoms with Gasteiger partial charge in [0.2, 0.25) is 0 Å². The molecule has 0 bridgehead atoms. The molecule has 0 fully saturated rings. The second kappa shape index (κ2) is 13.3. The molecule has 1 unspecified atom stereocenters. The Hall–Kier alpha value is -4.36. The van der Waals surface area contributed by atoms with Gasteiger partial charge in [-0.25, -0.2) is 9.37 Å². The van der Waals surface area contributed by atoms with Gasteiger partial charge in [0.15, 0.2) is 5.82 Å². The maximum absolute atomic E-state index is 15.0. The Kier molecular flexibility index (Phi) is 9.63. The van der Waals surface area contributed by atoms with Crippen molar-refractivity contribution in [1.29, 1.82) is 0 Å². The minimum atomic E-state index is -0.259. The molecule has 0 spiro atoms. The van der Waals surface area contributed by atoms with Crippen LogP contribution < -0.4 is 10.6 Å². The number of benzene rings is 1. The van der Waals surface area contributed by atoms with Crippen molar-refractivity contribution in [2.24, 2.45) is 0 Å². The van der Waals surface area contributed by atoms with Gasteiger partial charge < -0.3 is 9.88 Å². The molecule has 7 heteroatoms. The molecule has 6 nitrogen and oxygen atoms in total. The zero-order valence-corrected chi connectivity index (χ0v) is 24.6. The average Bonchev–Trinajstić information content (AvgIpc) is 3.52. The minimum Gasteiger partial charge on any atom is -0.340 e. The smallest absolute Gasteiger partial charge is 0.159 e. The van der Waals surface area contributed by atoms with E-state index in [0.717, 1.165) is 69.3 Å². The van der Waals surface area contributed by atoms with Crippen molar-refractivity contribution in [3.63, 3.8) is 0 Å². The van der Waals surface area contributed by atoms with E-state index in [1.807, 2.05) is 50.3 Å². The molecule has 212 valence electrons. The summed E-state index contributed by atoms with van der Waals surface area (Å²) < 4.78 is 15.0. The van der Waals surface area contributed by atoms with Crippen molar-refractivity contribution < 1.29 is 4.39 Å². The fourth-order valence-corrected chi connectivity index (χ4v) is 4.89. The highest BCUT2D eigenvalue weighted by molar-refractivity contribution is 5.81. The van der Waals surface area contributed by atoms with Gasteiger partial charge in [-0.3, -0.25) is 10.1 Å². The molecule has 0 aliphatic rings. The minimum absolute atomic E-state index is 0.259. The van der Waals surface area contributed by atoms with E-state index in [-0.39, 0.29) is 11.7 Å². The Labute approximate surface area is 241 Å². The van der Waals surface area contributed by atoms with Crippen LogP contribution in [0.4, 0.5) is 4.39 Å². The molecule has 1 aromatic carbocycles. The number of nitrogens with zero attached hydrogens (tertiary/aromatic N) is 4. The second-order valence-electron chi connectivity index (χ2n) is 10.5. The van der Waals surface area contributed by atoms with Gasteiger partial charge >= 0.3 is 0 Å². The number of allylic oxidation sites excluding steroid dienone is 4. The van der Waals surface area contributed by atoms with Crippen molar-refractivity contribution in [3.05, 3.63) is 112 Å². The van der Waals surface area contributed by atoms with Crippen LogP contribution in [0.25, 0.3) is 35.3 Å². The first-order valence-electron chi connectivity index (χ1n) is 13.9. The van der Waals surface area contributed by atoms with Gasteiger partial charge in [0, 0.05) is 22.7 Å². The number of aromatic amines is 2. The molecule has 41 heavy (non-hydrogen) atoms. The zero-order chi connectivity index (χ0) is 29.5. The molecular weight excluding hydrogens is 511 g/mol. The van der Waals surface area contributed by atoms with E-state index < -0.39 is 0 Å². The van der Waals surface area contributed by atoms with Crippen molar-refractivity contribution in [1.82, 2.24) is 30.0 Å². The molecule has 2 N–H and O–H groups in total. The fourth-order valence-electron chi connectivity index (χ4n) is 4.89. The van der Waals surface area contributed by atoms with Crippen LogP contribution in [-0.4, -0.2) is 50.7 Å². The summed E-state index contributed by atoms with van der Waals surface area (Å²) in [6, 6.07) is 11.1. The SMILES string of the molecule is C=C/C=C(/c1cc(F)cc(C(CC)CCN(C)C)c1)c1nc(-c2n[nH]/c(=C/C=C(\C)c3ccccn3)c2=C)[nH]c1C. The first-order chi connectivity index (χ1) is 19.7. The zero-order valence-electron chi connectivity index (χ0n) is 24.6. The summed E-state index contributed by atoms with van der Waals surface area (Å²) in [4.78, 5) is 14.8. The molecule has 3 heterocycles. The van der Waals surface area contributed by atoms with Crippen molar-refractivity contribution in [3.8, 4) is 11.5 Å². The molecule has 4 rings (SSSR count). The number of aryl methyl sites for hydroxylation is 1. The van der Waals surface area contributed by atoms with Crippen LogP contribution in [0.15, 0.2) is 67.4 Å². The van der Waals surface area contributed by atoms with Crippen LogP contribution in [0.5, 0.6) is 0 Å². The van der Waals surface area contributed by atoms with E-state index >= 15 is 0 Å². The third kappa shape index (κ3) is 7.05. The predicted octanol–water partition coefficient (Wildman–Crippen LogP) is 6.00. The number of aromatic nitrogens is 5. The molecule has 0 aliphatic heterocycles. The number of hydrogen-bond acceptors (Lipinski definition) is 4. The Morgan fingerprint density at radius 1 is 1.17 bits per heavy atom. The number of imidazole rings is 1. The van der Waals surface area contributed by atoms with Crippen LogP contribution in [-0.2, 0) is 0 Å². The van der Waals surface area contributed by atoms with Gasteiger partial charge in [-0.2, -0.15) is 5.10 Å². The summed E-state index contributed by atoms with van der Waals surface area (Å²) in [7, 11) is 4.12. The van der Waals surface area contributed by atoms with Gasteiger partial charge in [-0.15, -0.1) is 0 Å². The largest absolute Gasteiger partial charge is 0.340 e. The maximum atomic E-state index is 15.0. The summed E-state index contributed by atoms with van der Waals surface area (Å²) in [5.74, 6) is 0.592. The lowest BCUT2D eigenvalue weighted by molar-refractivity contribution is 0.377. The quantitative estimate of drug-likeness (QED) is 0.225. The molecule has 0 saturated carbocycles. The summed E-state index contributed by atoms with van der Waals surface area (Å²) in [6.45, 7) is 15.2. The highest BCUT2D eigenvalue weighted by Gasteiger charge is 2.19. The molecule has 0 saturated heterocycles. The lowest BCUT2D eigenvalue weighted by Gasteiger charge is -2.19. The Morgan fingerprint density at radius 2 is 1.98 bits per heavy atom. The molecule has 3 aromatic heterocycles. The molecule has 1 atom stereocenters. The number of halogens is 1. The normalized spacial score (nSPS) is 13.7. The molecule has 0 amide bonds. The van der Waals surface area contributed by atoms with Crippen molar-refractivity contribution >= 4 is 23.8 Å². The third-order valence-electron chi connectivity index (χ3n) is 7.24. The lowest BCUT2D eigenvalue weighted by atomic mass is 9.89. The van der Waals surface area contributed by atoms with Crippen LogP contribution >= 0.6 is 0 Å². The number of pyridine rings is 1. The van der Waals surface area contributed by atoms with E-state index in [2.05, 4.69) is 65.3 Å².